The Morgan fingerprint density at radius 1 is 1.30 bits per heavy atom. The number of piperazine rings is 1. The predicted octanol–water partition coefficient (Wildman–Crippen LogP) is 0.106. The van der Waals surface area contributed by atoms with Crippen LogP contribution in [0.1, 0.15) is 17.3 Å². The van der Waals surface area contributed by atoms with Crippen molar-refractivity contribution in [3.8, 4) is 0 Å². The molecule has 1 aliphatic rings. The van der Waals surface area contributed by atoms with E-state index >= 15 is 0 Å². The number of sulfonamides is 1. The van der Waals surface area contributed by atoms with Crippen LogP contribution in [0.15, 0.2) is 23.4 Å². The molecule has 1 aliphatic heterocycles. The Morgan fingerprint density at radius 2 is 1.95 bits per heavy atom. The van der Waals surface area contributed by atoms with Gasteiger partial charge in [-0.1, -0.05) is 6.92 Å². The minimum absolute atomic E-state index is 0.0280. The first-order valence-electron chi connectivity index (χ1n) is 6.37. The minimum Gasteiger partial charge on any atom is -0.478 e. The molecule has 1 fully saturated rings. The van der Waals surface area contributed by atoms with Gasteiger partial charge in [0.2, 0.25) is 0 Å². The van der Waals surface area contributed by atoms with Crippen molar-refractivity contribution in [1.82, 2.24) is 14.2 Å². The molecule has 0 bridgehead atoms. The van der Waals surface area contributed by atoms with E-state index in [0.717, 1.165) is 12.7 Å². The second kappa shape index (κ2) is 5.86. The van der Waals surface area contributed by atoms with Crippen molar-refractivity contribution in [2.75, 3.05) is 32.7 Å². The summed E-state index contributed by atoms with van der Waals surface area (Å²) in [5.41, 5.74) is -0.0280. The Bertz CT molecular complexity index is 577. The average molecular weight is 299 g/mol. The smallest absolute Gasteiger partial charge is 0.337 e. The highest BCUT2D eigenvalue weighted by molar-refractivity contribution is 7.89. The van der Waals surface area contributed by atoms with Crippen LogP contribution in [0.5, 0.6) is 0 Å². The van der Waals surface area contributed by atoms with Crippen molar-refractivity contribution in [3.63, 3.8) is 0 Å². The Balaban J connectivity index is 2.16. The molecule has 0 spiro atoms. The van der Waals surface area contributed by atoms with Crippen molar-refractivity contribution >= 4 is 16.0 Å². The van der Waals surface area contributed by atoms with Crippen molar-refractivity contribution in [2.24, 2.45) is 0 Å². The normalized spacial score (nSPS) is 18.1. The second-order valence-corrected chi connectivity index (χ2v) is 6.41. The zero-order valence-corrected chi connectivity index (χ0v) is 12.0. The van der Waals surface area contributed by atoms with Crippen LogP contribution >= 0.6 is 0 Å². The molecule has 8 heteroatoms. The molecule has 2 heterocycles. The largest absolute Gasteiger partial charge is 0.478 e. The number of aromatic nitrogens is 1. The number of nitrogens with zero attached hydrogens (tertiary/aromatic N) is 3. The van der Waals surface area contributed by atoms with Gasteiger partial charge in [-0.2, -0.15) is 4.31 Å². The zero-order chi connectivity index (χ0) is 14.8. The third-order valence-corrected chi connectivity index (χ3v) is 5.18. The summed E-state index contributed by atoms with van der Waals surface area (Å²) in [5, 5.41) is 8.67. The first kappa shape index (κ1) is 14.9. The topological polar surface area (TPSA) is 90.8 Å². The highest BCUT2D eigenvalue weighted by atomic mass is 32.2. The Morgan fingerprint density at radius 3 is 2.40 bits per heavy atom. The van der Waals surface area contributed by atoms with Gasteiger partial charge < -0.3 is 10.0 Å². The summed E-state index contributed by atoms with van der Waals surface area (Å²) in [5.74, 6) is -1.13. The maximum atomic E-state index is 12.4. The molecular formula is C12H17N3O4S. The average Bonchev–Trinajstić information content (AvgIpc) is 2.47. The number of rotatable bonds is 4. The third-order valence-electron chi connectivity index (χ3n) is 3.37. The van der Waals surface area contributed by atoms with Crippen molar-refractivity contribution in [3.05, 3.63) is 23.9 Å². The number of likely N-dealkylation sites (N-methyl/N-ethyl adjacent to an activating group) is 1. The fraction of sp³-hybridized carbons (Fsp3) is 0.500. The van der Waals surface area contributed by atoms with Gasteiger partial charge in [-0.15, -0.1) is 0 Å². The van der Waals surface area contributed by atoms with E-state index in [4.69, 9.17) is 5.11 Å². The van der Waals surface area contributed by atoms with E-state index in [1.54, 1.807) is 0 Å². The Hall–Kier alpha value is -1.51. The van der Waals surface area contributed by atoms with Crippen LogP contribution in [-0.4, -0.2) is 66.4 Å². The van der Waals surface area contributed by atoms with E-state index in [1.165, 1.54) is 16.4 Å². The monoisotopic (exact) mass is 299 g/mol. The maximum Gasteiger partial charge on any atom is 0.337 e. The molecule has 2 rings (SSSR count). The summed E-state index contributed by atoms with van der Waals surface area (Å²) in [4.78, 5) is 16.7. The van der Waals surface area contributed by atoms with Crippen LogP contribution in [-0.2, 0) is 10.0 Å². The quantitative estimate of drug-likeness (QED) is 0.848. The van der Waals surface area contributed by atoms with E-state index < -0.39 is 16.0 Å². The summed E-state index contributed by atoms with van der Waals surface area (Å²) >= 11 is 0. The zero-order valence-electron chi connectivity index (χ0n) is 11.2. The molecule has 110 valence electrons. The maximum absolute atomic E-state index is 12.4. The van der Waals surface area contributed by atoms with Gasteiger partial charge in [0.1, 0.15) is 0 Å². The van der Waals surface area contributed by atoms with E-state index in [-0.39, 0.29) is 10.6 Å². The fourth-order valence-corrected chi connectivity index (χ4v) is 3.41. The number of carbonyl (C=O) groups is 1. The lowest BCUT2D eigenvalue weighted by molar-refractivity contribution is 0.0696. The first-order valence-corrected chi connectivity index (χ1v) is 7.81. The van der Waals surface area contributed by atoms with Gasteiger partial charge in [0, 0.05) is 32.4 Å². The SMILES string of the molecule is CCN1CCN(S(=O)(=O)c2ccc(C(=O)O)cn2)CC1. The molecule has 7 nitrogen and oxygen atoms in total. The summed E-state index contributed by atoms with van der Waals surface area (Å²) in [6.45, 7) is 5.19. The number of aromatic carboxylic acids is 1. The number of pyridine rings is 1. The van der Waals surface area contributed by atoms with E-state index in [9.17, 15) is 13.2 Å². The molecule has 1 aromatic heterocycles. The summed E-state index contributed by atoms with van der Waals surface area (Å²) in [6, 6.07) is 2.50. The van der Waals surface area contributed by atoms with E-state index in [0.29, 0.717) is 26.2 Å². The van der Waals surface area contributed by atoms with Crippen LogP contribution < -0.4 is 0 Å². The standard InChI is InChI=1S/C12H17N3O4S/c1-2-14-5-7-15(8-6-14)20(18,19)11-4-3-10(9-13-11)12(16)17/h3-4,9H,2,5-8H2,1H3,(H,16,17). The minimum atomic E-state index is -3.63. The predicted molar refractivity (Wildman–Crippen MR) is 72.1 cm³/mol. The Kier molecular flexibility index (Phi) is 4.36. The first-order chi connectivity index (χ1) is 9.45. The molecule has 1 N–H and O–H groups in total. The molecular weight excluding hydrogens is 282 g/mol. The third kappa shape index (κ3) is 2.97. The second-order valence-electron chi connectivity index (χ2n) is 4.53. The summed E-state index contributed by atoms with van der Waals surface area (Å²) < 4.78 is 26.1. The molecule has 0 amide bonds. The summed E-state index contributed by atoms with van der Waals surface area (Å²) in [7, 11) is -3.63. The molecule has 0 radical (unpaired) electrons. The van der Waals surface area contributed by atoms with Gasteiger partial charge in [0.15, 0.2) is 5.03 Å². The number of hydrogen-bond acceptors (Lipinski definition) is 5. The van der Waals surface area contributed by atoms with Gasteiger partial charge in [-0.3, -0.25) is 0 Å². The number of carboxylic acid groups (broad SMARTS) is 1. The number of carboxylic acids is 1. The molecule has 0 saturated carbocycles. The molecule has 0 atom stereocenters. The van der Waals surface area contributed by atoms with E-state index in [2.05, 4.69) is 9.88 Å². The molecule has 0 aromatic carbocycles. The number of hydrogen-bond donors (Lipinski definition) is 1. The van der Waals surface area contributed by atoms with Gasteiger partial charge in [0.25, 0.3) is 10.0 Å². The lowest BCUT2D eigenvalue weighted by Gasteiger charge is -2.32. The van der Waals surface area contributed by atoms with Gasteiger partial charge in [0.05, 0.1) is 5.56 Å². The summed E-state index contributed by atoms with van der Waals surface area (Å²) in [6.07, 6.45) is 1.07. The van der Waals surface area contributed by atoms with Crippen molar-refractivity contribution in [2.45, 2.75) is 11.9 Å². The highest BCUT2D eigenvalue weighted by Gasteiger charge is 2.29. The van der Waals surface area contributed by atoms with Crippen molar-refractivity contribution in [1.29, 1.82) is 0 Å². The van der Waals surface area contributed by atoms with Gasteiger partial charge in [-0.25, -0.2) is 18.2 Å². The lowest BCUT2D eigenvalue weighted by Crippen LogP contribution is -2.48. The fourth-order valence-electron chi connectivity index (χ4n) is 2.08. The van der Waals surface area contributed by atoms with Crippen molar-refractivity contribution < 1.29 is 18.3 Å². The van der Waals surface area contributed by atoms with Crippen LogP contribution in [0.25, 0.3) is 0 Å². The van der Waals surface area contributed by atoms with Crippen LogP contribution in [0.3, 0.4) is 0 Å². The molecule has 1 saturated heterocycles. The van der Waals surface area contributed by atoms with E-state index in [1.807, 2.05) is 6.92 Å². The highest BCUT2D eigenvalue weighted by Crippen LogP contribution is 2.16. The van der Waals surface area contributed by atoms with Gasteiger partial charge >= 0.3 is 5.97 Å². The van der Waals surface area contributed by atoms with Crippen LogP contribution in [0, 0.1) is 0 Å². The molecule has 0 aliphatic carbocycles. The molecule has 20 heavy (non-hydrogen) atoms. The molecule has 1 aromatic rings. The van der Waals surface area contributed by atoms with Gasteiger partial charge in [-0.05, 0) is 18.7 Å². The lowest BCUT2D eigenvalue weighted by atomic mass is 10.3. The molecule has 0 unspecified atom stereocenters. The Labute approximate surface area is 117 Å². The van der Waals surface area contributed by atoms with Crippen LogP contribution in [0.2, 0.25) is 0 Å². The van der Waals surface area contributed by atoms with Crippen LogP contribution in [0.4, 0.5) is 0 Å².